The first kappa shape index (κ1) is 49.5. The number of nitrogens with zero attached hydrogens (tertiary/aromatic N) is 2. The molecule has 414 valence electrons. The van der Waals surface area contributed by atoms with E-state index in [1.807, 2.05) is 0 Å². The second-order valence-corrected chi connectivity index (χ2v) is 23.7. The zero-order chi connectivity index (χ0) is 58.3. The Bertz CT molecular complexity index is 5700. The molecule has 0 atom stereocenters. The van der Waals surface area contributed by atoms with Crippen LogP contribution in [0.2, 0.25) is 0 Å². The summed E-state index contributed by atoms with van der Waals surface area (Å²) >= 11 is 0. The van der Waals surface area contributed by atoms with Crippen molar-refractivity contribution in [3.63, 3.8) is 0 Å². The van der Waals surface area contributed by atoms with Gasteiger partial charge in [0.1, 0.15) is 11.2 Å². The van der Waals surface area contributed by atoms with E-state index < -0.39 is 5.41 Å². The SMILES string of the molecule is c1ccc(-c2ccc(N(c3ccc4c5c(c6ccccc6c4c3)-c3c(cc(N(c4ccc(-c6ccccc6)cc4)c4cccc6c4oc4ccccc46)c4ccccc34)C53c4ccccc4-c4ccccc43)c3cccc4c3oc3ccccc34)cc2)cc1. The van der Waals surface area contributed by atoms with Gasteiger partial charge in [0.05, 0.1) is 22.5 Å². The molecular weight excluding hydrogens is 1080 g/mol. The molecule has 0 N–H and O–H groups in total. The zero-order valence-electron chi connectivity index (χ0n) is 48.2. The highest BCUT2D eigenvalue weighted by Crippen LogP contribution is 2.68. The molecule has 0 amide bonds. The Morgan fingerprint density at radius 2 is 0.663 bits per heavy atom. The number of anilines is 6. The molecule has 17 aromatic rings. The molecule has 2 aliphatic rings. The molecule has 0 radical (unpaired) electrons. The summed E-state index contributed by atoms with van der Waals surface area (Å²) < 4.78 is 13.9. The lowest BCUT2D eigenvalue weighted by molar-refractivity contribution is 0.668. The highest BCUT2D eigenvalue weighted by Gasteiger charge is 2.54. The van der Waals surface area contributed by atoms with Gasteiger partial charge in [-0.05, 0) is 160 Å². The first-order chi connectivity index (χ1) is 44.2. The number of furan rings is 2. The van der Waals surface area contributed by atoms with Crippen molar-refractivity contribution in [3.8, 4) is 44.5 Å². The van der Waals surface area contributed by atoms with Crippen LogP contribution in [0.1, 0.15) is 22.3 Å². The topological polar surface area (TPSA) is 32.8 Å². The van der Waals surface area contributed by atoms with Crippen LogP contribution in [-0.4, -0.2) is 0 Å². The van der Waals surface area contributed by atoms with E-state index >= 15 is 0 Å². The molecule has 0 bridgehead atoms. The van der Waals surface area contributed by atoms with Gasteiger partial charge < -0.3 is 18.6 Å². The largest absolute Gasteiger partial charge is 0.454 e. The van der Waals surface area contributed by atoms with Gasteiger partial charge in [-0.3, -0.25) is 0 Å². The first-order valence-electron chi connectivity index (χ1n) is 30.6. The van der Waals surface area contributed by atoms with Gasteiger partial charge in [0.25, 0.3) is 0 Å². The molecule has 2 aliphatic carbocycles. The number of hydrogen-bond donors (Lipinski definition) is 0. The standard InChI is InChI=1S/C85H52N2O2/c1-3-21-53(22-4-1)55-41-45-57(46-42-55)86(75-37-19-33-69-64-29-13-17-39-78(64)88-83(69)75)59-49-50-68-71(51-59)60-25-7-9-31-66(60)81-80-67-32-10-8-28-63(67)77(52-74(80)85(82(68)81)72-35-15-11-26-61(72)62-27-12-16-36-73(62)85)87(58-47-43-56(44-48-58)54-23-5-2-6-24-54)76-38-20-34-70-65-30-14-18-40-79(65)89-84(70)76/h1-52H. The number of fused-ring (bicyclic) bond motifs is 23. The van der Waals surface area contributed by atoms with E-state index in [2.05, 4.69) is 325 Å². The van der Waals surface area contributed by atoms with Crippen molar-refractivity contribution in [2.75, 3.05) is 9.80 Å². The smallest absolute Gasteiger partial charge is 0.159 e. The predicted molar refractivity (Wildman–Crippen MR) is 370 cm³/mol. The van der Waals surface area contributed by atoms with Crippen molar-refractivity contribution >= 4 is 110 Å². The van der Waals surface area contributed by atoms with Crippen LogP contribution >= 0.6 is 0 Å². The van der Waals surface area contributed by atoms with Crippen LogP contribution in [0, 0.1) is 0 Å². The van der Waals surface area contributed by atoms with Gasteiger partial charge in [-0.2, -0.15) is 0 Å². The van der Waals surface area contributed by atoms with Crippen molar-refractivity contribution in [2.45, 2.75) is 5.41 Å². The quantitative estimate of drug-likeness (QED) is 0.142. The van der Waals surface area contributed by atoms with Gasteiger partial charge in [0.15, 0.2) is 11.2 Å². The number of rotatable bonds is 8. The van der Waals surface area contributed by atoms with Gasteiger partial charge >= 0.3 is 0 Å². The molecule has 89 heavy (non-hydrogen) atoms. The summed E-state index contributed by atoms with van der Waals surface area (Å²) in [6.07, 6.45) is 0. The van der Waals surface area contributed by atoms with Crippen molar-refractivity contribution in [2.24, 2.45) is 0 Å². The summed E-state index contributed by atoms with van der Waals surface area (Å²) in [5, 5.41) is 11.5. The van der Waals surface area contributed by atoms with E-state index in [1.54, 1.807) is 0 Å². The molecule has 0 fully saturated rings. The molecule has 0 saturated carbocycles. The minimum atomic E-state index is -0.762. The second-order valence-electron chi connectivity index (χ2n) is 23.7. The Morgan fingerprint density at radius 1 is 0.236 bits per heavy atom. The number of para-hydroxylation sites is 4. The van der Waals surface area contributed by atoms with Crippen molar-refractivity contribution in [1.82, 2.24) is 0 Å². The molecule has 19 rings (SSSR count). The Kier molecular flexibility index (Phi) is 10.7. The summed E-state index contributed by atoms with van der Waals surface area (Å²) in [5.41, 5.74) is 23.5. The van der Waals surface area contributed by atoms with Crippen LogP contribution in [0.15, 0.2) is 324 Å². The maximum absolute atomic E-state index is 7.03. The van der Waals surface area contributed by atoms with Crippen molar-refractivity contribution in [3.05, 3.63) is 338 Å². The van der Waals surface area contributed by atoms with Crippen LogP contribution in [0.3, 0.4) is 0 Å². The fourth-order valence-electron chi connectivity index (χ4n) is 15.5. The van der Waals surface area contributed by atoms with E-state index in [-0.39, 0.29) is 0 Å². The third-order valence-electron chi connectivity index (χ3n) is 19.2. The summed E-state index contributed by atoms with van der Waals surface area (Å²) in [6.45, 7) is 0. The Labute approximate surface area is 513 Å². The summed E-state index contributed by atoms with van der Waals surface area (Å²) in [5.74, 6) is 0. The molecule has 2 aromatic heterocycles. The van der Waals surface area contributed by atoms with Gasteiger partial charge in [0, 0.05) is 44.0 Å². The van der Waals surface area contributed by atoms with Crippen LogP contribution in [0.4, 0.5) is 34.1 Å². The van der Waals surface area contributed by atoms with Crippen molar-refractivity contribution < 1.29 is 8.83 Å². The van der Waals surface area contributed by atoms with Crippen LogP contribution < -0.4 is 9.80 Å². The molecule has 4 nitrogen and oxygen atoms in total. The fraction of sp³-hybridized carbons (Fsp3) is 0.0118. The zero-order valence-corrected chi connectivity index (χ0v) is 48.2. The average molecular weight is 1130 g/mol. The van der Waals surface area contributed by atoms with Gasteiger partial charge in [-0.25, -0.2) is 0 Å². The molecule has 15 aromatic carbocycles. The van der Waals surface area contributed by atoms with E-state index in [0.717, 1.165) is 94.5 Å². The Hall–Kier alpha value is -11.7. The van der Waals surface area contributed by atoms with Crippen LogP contribution in [0.25, 0.3) is 121 Å². The fourth-order valence-corrected chi connectivity index (χ4v) is 15.5. The molecule has 2 heterocycles. The molecule has 0 aliphatic heterocycles. The monoisotopic (exact) mass is 1130 g/mol. The average Bonchev–Trinajstić information content (AvgIpc) is 1.49. The summed E-state index contributed by atoms with van der Waals surface area (Å²) in [7, 11) is 0. The second kappa shape index (κ2) is 19.1. The Morgan fingerprint density at radius 3 is 1.24 bits per heavy atom. The molecule has 4 heteroatoms. The number of hydrogen-bond acceptors (Lipinski definition) is 4. The maximum Gasteiger partial charge on any atom is 0.159 e. The van der Waals surface area contributed by atoms with Gasteiger partial charge in [0.2, 0.25) is 0 Å². The maximum atomic E-state index is 7.03. The van der Waals surface area contributed by atoms with Crippen LogP contribution in [0.5, 0.6) is 0 Å². The third-order valence-corrected chi connectivity index (χ3v) is 19.2. The lowest BCUT2D eigenvalue weighted by Gasteiger charge is -2.34. The highest BCUT2D eigenvalue weighted by atomic mass is 16.3. The molecular formula is C85H52N2O2. The lowest BCUT2D eigenvalue weighted by atomic mass is 9.69. The first-order valence-corrected chi connectivity index (χ1v) is 30.6. The summed E-state index contributed by atoms with van der Waals surface area (Å²) in [6, 6.07) is 116. The predicted octanol–water partition coefficient (Wildman–Crippen LogP) is 23.6. The third kappa shape index (κ3) is 7.11. The molecule has 0 unspecified atom stereocenters. The van der Waals surface area contributed by atoms with E-state index in [0.29, 0.717) is 0 Å². The molecule has 0 saturated heterocycles. The van der Waals surface area contributed by atoms with Gasteiger partial charge in [-0.1, -0.05) is 249 Å². The lowest BCUT2D eigenvalue weighted by Crippen LogP contribution is -2.26. The van der Waals surface area contributed by atoms with E-state index in [1.165, 1.54) is 82.6 Å². The normalized spacial score (nSPS) is 12.8. The minimum Gasteiger partial charge on any atom is -0.454 e. The van der Waals surface area contributed by atoms with Crippen LogP contribution in [-0.2, 0) is 5.41 Å². The Balaban J connectivity index is 0.910. The van der Waals surface area contributed by atoms with E-state index in [4.69, 9.17) is 8.83 Å². The number of benzene rings is 15. The van der Waals surface area contributed by atoms with Gasteiger partial charge in [-0.15, -0.1) is 0 Å². The highest BCUT2D eigenvalue weighted by molar-refractivity contribution is 6.25. The minimum absolute atomic E-state index is 0.762. The molecule has 1 spiro atoms. The van der Waals surface area contributed by atoms with Crippen molar-refractivity contribution in [1.29, 1.82) is 0 Å². The summed E-state index contributed by atoms with van der Waals surface area (Å²) in [4.78, 5) is 4.87. The van der Waals surface area contributed by atoms with E-state index in [9.17, 15) is 0 Å².